The van der Waals surface area contributed by atoms with Gasteiger partial charge < -0.3 is 35.8 Å². The fourth-order valence-corrected chi connectivity index (χ4v) is 6.35. The van der Waals surface area contributed by atoms with Crippen LogP contribution in [0.15, 0.2) is 54.6 Å². The molecule has 0 aliphatic carbocycles. The summed E-state index contributed by atoms with van der Waals surface area (Å²) < 4.78 is 5.72. The average Bonchev–Trinajstić information content (AvgIpc) is 3.73. The maximum atomic E-state index is 13.9. The van der Waals surface area contributed by atoms with Crippen LogP contribution >= 0.6 is 0 Å². The fraction of sp³-hybridized carbons (Fsp3) is 0.471. The average molecular weight is 647 g/mol. The van der Waals surface area contributed by atoms with Gasteiger partial charge in [0.25, 0.3) is 5.91 Å². The molecule has 2 fully saturated rings. The summed E-state index contributed by atoms with van der Waals surface area (Å²) in [7, 11) is 0. The number of hydrogen-bond donors (Lipinski definition) is 4. The smallest absolute Gasteiger partial charge is 0.258 e. The number of ether oxygens (including phenoxy) is 1. The minimum Gasteiger partial charge on any atom is -0.484 e. The number of rotatable bonds is 4. The van der Waals surface area contributed by atoms with E-state index < -0.39 is 47.8 Å². The molecule has 4 heterocycles. The van der Waals surface area contributed by atoms with Crippen molar-refractivity contribution in [2.45, 2.75) is 76.2 Å². The van der Waals surface area contributed by atoms with Crippen LogP contribution in [-0.4, -0.2) is 102 Å². The van der Waals surface area contributed by atoms with Crippen LogP contribution in [0, 0.1) is 0 Å². The lowest BCUT2D eigenvalue weighted by molar-refractivity contribution is -0.142. The van der Waals surface area contributed by atoms with E-state index in [1.165, 1.54) is 18.7 Å². The van der Waals surface area contributed by atoms with E-state index >= 15 is 0 Å². The van der Waals surface area contributed by atoms with Crippen LogP contribution in [0.5, 0.6) is 5.75 Å². The molecular weight excluding hydrogens is 604 g/mol. The molecule has 4 aliphatic rings. The van der Waals surface area contributed by atoms with Crippen LogP contribution in [0.25, 0.3) is 0 Å². The second-order valence-corrected chi connectivity index (χ2v) is 12.4. The molecule has 5 atom stereocenters. The van der Waals surface area contributed by atoms with E-state index in [0.29, 0.717) is 44.6 Å². The molecule has 4 aliphatic heterocycles. The molecule has 0 saturated carbocycles. The second-order valence-electron chi connectivity index (χ2n) is 12.4. The predicted molar refractivity (Wildman–Crippen MR) is 171 cm³/mol. The van der Waals surface area contributed by atoms with Crippen LogP contribution < -0.4 is 26.0 Å². The summed E-state index contributed by atoms with van der Waals surface area (Å²) in [6, 6.07) is 12.3. The summed E-state index contributed by atoms with van der Waals surface area (Å²) in [5.41, 5.74) is 1.58. The van der Waals surface area contributed by atoms with Gasteiger partial charge in [0.05, 0.1) is 0 Å². The Hall–Kier alpha value is -4.94. The number of likely N-dealkylation sites (tertiary alicyclic amines) is 1. The minimum absolute atomic E-state index is 0.166. The molecule has 2 aromatic carbocycles. The van der Waals surface area contributed by atoms with Crippen molar-refractivity contribution >= 4 is 35.4 Å². The van der Waals surface area contributed by atoms with Crippen LogP contribution in [-0.2, 0) is 41.6 Å². The second kappa shape index (κ2) is 15.1. The zero-order valence-electron chi connectivity index (χ0n) is 26.7. The maximum Gasteiger partial charge on any atom is 0.258 e. The van der Waals surface area contributed by atoms with E-state index in [4.69, 9.17) is 4.74 Å². The Balaban J connectivity index is 1.38. The molecular formula is C34H42N6O7. The van der Waals surface area contributed by atoms with Crippen molar-refractivity contribution in [1.29, 1.82) is 0 Å². The first-order chi connectivity index (χ1) is 22.6. The Morgan fingerprint density at radius 3 is 2.38 bits per heavy atom. The van der Waals surface area contributed by atoms with Crippen LogP contribution in [0.3, 0.4) is 0 Å². The molecule has 2 aromatic rings. The van der Waals surface area contributed by atoms with Crippen molar-refractivity contribution < 1.29 is 33.5 Å². The van der Waals surface area contributed by atoms with Crippen molar-refractivity contribution in [3.63, 3.8) is 0 Å². The number of fused-ring (bicyclic) bond motifs is 13. The Kier molecular flexibility index (Phi) is 10.7. The highest BCUT2D eigenvalue weighted by atomic mass is 16.5. The Morgan fingerprint density at radius 1 is 0.915 bits per heavy atom. The molecule has 2 bridgehead atoms. The molecule has 6 rings (SSSR count). The molecule has 6 amide bonds. The zero-order valence-corrected chi connectivity index (χ0v) is 26.7. The maximum absolute atomic E-state index is 13.9. The molecule has 2 saturated heterocycles. The Bertz CT molecular complexity index is 1480. The zero-order chi connectivity index (χ0) is 33.5. The van der Waals surface area contributed by atoms with Crippen molar-refractivity contribution in [1.82, 2.24) is 31.1 Å². The third kappa shape index (κ3) is 8.66. The quantitative estimate of drug-likeness (QED) is 0.365. The minimum atomic E-state index is -1.00. The third-order valence-corrected chi connectivity index (χ3v) is 8.76. The van der Waals surface area contributed by atoms with E-state index in [2.05, 4.69) is 21.3 Å². The van der Waals surface area contributed by atoms with Gasteiger partial charge in [0.15, 0.2) is 6.61 Å². The summed E-state index contributed by atoms with van der Waals surface area (Å²) in [6.45, 7) is 3.70. The summed E-state index contributed by atoms with van der Waals surface area (Å²) in [5, 5.41) is 11.2. The molecule has 250 valence electrons. The van der Waals surface area contributed by atoms with E-state index in [1.54, 1.807) is 29.2 Å². The third-order valence-electron chi connectivity index (χ3n) is 8.76. The first-order valence-electron chi connectivity index (χ1n) is 16.1. The lowest BCUT2D eigenvalue weighted by Gasteiger charge is -2.30. The van der Waals surface area contributed by atoms with Crippen molar-refractivity contribution in [3.8, 4) is 5.75 Å². The Morgan fingerprint density at radius 2 is 1.66 bits per heavy atom. The van der Waals surface area contributed by atoms with E-state index in [1.807, 2.05) is 30.3 Å². The van der Waals surface area contributed by atoms with Gasteiger partial charge in [0.2, 0.25) is 29.5 Å². The van der Waals surface area contributed by atoms with E-state index in [-0.39, 0.29) is 37.3 Å². The van der Waals surface area contributed by atoms with Gasteiger partial charge >= 0.3 is 0 Å². The van der Waals surface area contributed by atoms with Gasteiger partial charge in [0.1, 0.15) is 29.9 Å². The Labute approximate surface area is 273 Å². The summed E-state index contributed by atoms with van der Waals surface area (Å²) in [6.07, 6.45) is 1.98. The lowest BCUT2D eigenvalue weighted by Crippen LogP contribution is -2.58. The molecule has 13 nitrogen and oxygen atoms in total. The van der Waals surface area contributed by atoms with Crippen molar-refractivity contribution in [3.05, 3.63) is 65.7 Å². The van der Waals surface area contributed by atoms with Crippen LogP contribution in [0.1, 0.15) is 44.2 Å². The topological polar surface area (TPSA) is 166 Å². The number of carbonyl (C=O) groups is 6. The van der Waals surface area contributed by atoms with Crippen molar-refractivity contribution in [2.24, 2.45) is 0 Å². The highest BCUT2D eigenvalue weighted by molar-refractivity contribution is 5.96. The first-order valence-corrected chi connectivity index (χ1v) is 16.1. The van der Waals surface area contributed by atoms with E-state index in [0.717, 1.165) is 11.1 Å². The first kappa shape index (κ1) is 33.4. The highest BCUT2D eigenvalue weighted by Crippen LogP contribution is 2.21. The van der Waals surface area contributed by atoms with Gasteiger partial charge in [-0.3, -0.25) is 28.8 Å². The van der Waals surface area contributed by atoms with Crippen LogP contribution in [0.4, 0.5) is 0 Å². The summed E-state index contributed by atoms with van der Waals surface area (Å²) >= 11 is 0. The SMILES string of the molecule is CC(=O)N[C@H]1CCN(C(=O)[C@@H]2Cc3ccc(cc3)OCC(=O)N[C@H](Cc3ccccc3)C(=O)N3CCC[C@@H]3C(=O)N[C@@H](C)C(=O)N2)C1. The van der Waals surface area contributed by atoms with Gasteiger partial charge in [-0.2, -0.15) is 0 Å². The molecule has 0 radical (unpaired) electrons. The van der Waals surface area contributed by atoms with Gasteiger partial charge in [-0.15, -0.1) is 0 Å². The lowest BCUT2D eigenvalue weighted by atomic mass is 10.0. The molecule has 0 unspecified atom stereocenters. The molecule has 4 N–H and O–H groups in total. The summed E-state index contributed by atoms with van der Waals surface area (Å²) in [4.78, 5) is 82.2. The molecule has 0 aromatic heterocycles. The van der Waals surface area contributed by atoms with Crippen LogP contribution in [0.2, 0.25) is 0 Å². The molecule has 0 spiro atoms. The van der Waals surface area contributed by atoms with Gasteiger partial charge in [0, 0.05) is 45.4 Å². The number of amides is 6. The van der Waals surface area contributed by atoms with Gasteiger partial charge in [-0.25, -0.2) is 0 Å². The number of nitrogens with zero attached hydrogens (tertiary/aromatic N) is 2. The number of carbonyl (C=O) groups excluding carboxylic acids is 6. The molecule has 13 heteroatoms. The normalized spacial score (nSPS) is 25.8. The van der Waals surface area contributed by atoms with E-state index in [9.17, 15) is 28.8 Å². The summed E-state index contributed by atoms with van der Waals surface area (Å²) in [5.74, 6) is -1.97. The molecule has 47 heavy (non-hydrogen) atoms. The highest BCUT2D eigenvalue weighted by Gasteiger charge is 2.39. The van der Waals surface area contributed by atoms with Gasteiger partial charge in [-0.05, 0) is 49.4 Å². The van der Waals surface area contributed by atoms with Crippen molar-refractivity contribution in [2.75, 3.05) is 26.2 Å². The number of hydrogen-bond acceptors (Lipinski definition) is 7. The monoisotopic (exact) mass is 646 g/mol. The standard InChI is InChI=1S/C34H42N6O7/c1-21-31(43)38-27(33(45)39-16-14-25(19-39)36-22(2)41)18-24-10-12-26(13-11-24)47-20-30(42)37-28(17-23-7-4-3-5-8-23)34(46)40-15-6-9-29(40)32(44)35-21/h3-5,7-8,10-13,21,25,27-29H,6,9,14-20H2,1-2H3,(H,35,44)(H,36,41)(H,37,42)(H,38,43)/t21-,25-,27-,28+,29+/m0/s1. The van der Waals surface area contributed by atoms with Gasteiger partial charge in [-0.1, -0.05) is 42.5 Å². The number of benzene rings is 2. The number of nitrogens with one attached hydrogen (secondary N) is 4. The largest absolute Gasteiger partial charge is 0.484 e. The fourth-order valence-electron chi connectivity index (χ4n) is 6.35. The predicted octanol–water partition coefficient (Wildman–Crippen LogP) is 0.0665.